The van der Waals surface area contributed by atoms with E-state index in [-0.39, 0.29) is 11.8 Å². The van der Waals surface area contributed by atoms with Crippen LogP contribution in [0.1, 0.15) is 30.1 Å². The summed E-state index contributed by atoms with van der Waals surface area (Å²) in [6.45, 7) is 1.56. The molecule has 1 saturated carbocycles. The lowest BCUT2D eigenvalue weighted by molar-refractivity contribution is -0.128. The highest BCUT2D eigenvalue weighted by Gasteiger charge is 2.29. The van der Waals surface area contributed by atoms with Gasteiger partial charge in [-0.25, -0.2) is 0 Å². The first-order valence-electron chi connectivity index (χ1n) is 8.96. The minimum atomic E-state index is -0.854. The van der Waals surface area contributed by atoms with Gasteiger partial charge in [0.2, 0.25) is 5.91 Å². The molecule has 0 bridgehead atoms. The molecule has 3 rings (SSSR count). The fraction of sp³-hybridized carbons (Fsp3) is 0.250. The van der Waals surface area contributed by atoms with Crippen LogP contribution in [-0.2, 0) is 9.59 Å². The summed E-state index contributed by atoms with van der Waals surface area (Å²) in [6.07, 6.45) is 0.986. The summed E-state index contributed by atoms with van der Waals surface area (Å²) in [7, 11) is 0. The number of halogens is 2. The van der Waals surface area contributed by atoms with E-state index >= 15 is 0 Å². The number of benzene rings is 2. The van der Waals surface area contributed by atoms with Gasteiger partial charge in [-0.1, -0.05) is 11.6 Å². The fourth-order valence-corrected chi connectivity index (χ4v) is 3.18. The highest BCUT2D eigenvalue weighted by molar-refractivity contribution is 9.10. The SMILES string of the molecule is CC(Oc1ccc(Cl)cc1Br)C(=O)NNC(=O)c1ccc(NC(=O)C2CC2)cc1. The van der Waals surface area contributed by atoms with E-state index < -0.39 is 17.9 Å². The molecular formula is C20H19BrClN3O4. The van der Waals surface area contributed by atoms with E-state index in [0.29, 0.717) is 26.5 Å². The van der Waals surface area contributed by atoms with E-state index in [1.165, 1.54) is 0 Å². The van der Waals surface area contributed by atoms with Crippen molar-refractivity contribution < 1.29 is 19.1 Å². The summed E-state index contributed by atoms with van der Waals surface area (Å²) < 4.78 is 6.18. The number of anilines is 1. The number of rotatable bonds is 6. The van der Waals surface area contributed by atoms with Gasteiger partial charge in [-0.3, -0.25) is 25.2 Å². The van der Waals surface area contributed by atoms with E-state index in [4.69, 9.17) is 16.3 Å². The van der Waals surface area contributed by atoms with Gasteiger partial charge in [0.1, 0.15) is 5.75 Å². The number of amides is 3. The number of hydrogen-bond acceptors (Lipinski definition) is 4. The summed E-state index contributed by atoms with van der Waals surface area (Å²) in [5.41, 5.74) is 5.63. The lowest BCUT2D eigenvalue weighted by Gasteiger charge is -2.16. The van der Waals surface area contributed by atoms with Crippen molar-refractivity contribution in [1.29, 1.82) is 0 Å². The molecular weight excluding hydrogens is 462 g/mol. The Hall–Kier alpha value is -2.58. The second-order valence-electron chi connectivity index (χ2n) is 6.62. The summed E-state index contributed by atoms with van der Waals surface area (Å²) in [5, 5.41) is 3.33. The van der Waals surface area contributed by atoms with E-state index in [1.807, 2.05) is 0 Å². The van der Waals surface area contributed by atoms with Crippen LogP contribution in [0.4, 0.5) is 5.69 Å². The van der Waals surface area contributed by atoms with Crippen LogP contribution >= 0.6 is 27.5 Å². The Kier molecular flexibility index (Phi) is 6.76. The standard InChI is InChI=1S/C20H19BrClN3O4/c1-11(29-17-9-6-14(22)10-16(17)21)18(26)24-25-20(28)13-4-7-15(8-5-13)23-19(27)12-2-3-12/h4-12H,2-3H2,1H3,(H,23,27)(H,24,26)(H,25,28). The monoisotopic (exact) mass is 479 g/mol. The zero-order chi connectivity index (χ0) is 21.0. The quantitative estimate of drug-likeness (QED) is 0.550. The predicted molar refractivity (Wildman–Crippen MR) is 113 cm³/mol. The predicted octanol–water partition coefficient (Wildman–Crippen LogP) is 3.68. The molecule has 0 heterocycles. The molecule has 3 amide bonds. The molecule has 2 aromatic rings. The van der Waals surface area contributed by atoms with Gasteiger partial charge in [-0.2, -0.15) is 0 Å². The van der Waals surface area contributed by atoms with Gasteiger partial charge < -0.3 is 10.1 Å². The minimum absolute atomic E-state index is 0.00391. The summed E-state index contributed by atoms with van der Waals surface area (Å²) >= 11 is 9.19. The number of carbonyl (C=O) groups excluding carboxylic acids is 3. The Labute approximate surface area is 181 Å². The van der Waals surface area contributed by atoms with Crippen molar-refractivity contribution in [2.24, 2.45) is 5.92 Å². The van der Waals surface area contributed by atoms with Gasteiger partial charge >= 0.3 is 0 Å². The van der Waals surface area contributed by atoms with E-state index in [9.17, 15) is 14.4 Å². The molecule has 0 radical (unpaired) electrons. The van der Waals surface area contributed by atoms with E-state index in [1.54, 1.807) is 49.4 Å². The Morgan fingerprint density at radius 3 is 2.41 bits per heavy atom. The van der Waals surface area contributed by atoms with Gasteiger partial charge in [0.25, 0.3) is 11.8 Å². The van der Waals surface area contributed by atoms with Crippen molar-refractivity contribution in [3.05, 3.63) is 57.5 Å². The average molecular weight is 481 g/mol. The van der Waals surface area contributed by atoms with Crippen LogP contribution in [0.15, 0.2) is 46.9 Å². The van der Waals surface area contributed by atoms with Crippen LogP contribution in [0.3, 0.4) is 0 Å². The van der Waals surface area contributed by atoms with E-state index in [0.717, 1.165) is 12.8 Å². The minimum Gasteiger partial charge on any atom is -0.480 e. The Morgan fingerprint density at radius 2 is 1.79 bits per heavy atom. The molecule has 0 aromatic heterocycles. The van der Waals surface area contributed by atoms with Crippen molar-refractivity contribution >= 4 is 50.9 Å². The first-order valence-corrected chi connectivity index (χ1v) is 10.1. The lowest BCUT2D eigenvalue weighted by Crippen LogP contribution is -2.47. The van der Waals surface area contributed by atoms with Crippen LogP contribution in [0.25, 0.3) is 0 Å². The molecule has 0 saturated heterocycles. The maximum absolute atomic E-state index is 12.2. The average Bonchev–Trinajstić information content (AvgIpc) is 3.54. The molecule has 2 aromatic carbocycles. The topological polar surface area (TPSA) is 96.5 Å². The number of carbonyl (C=O) groups is 3. The van der Waals surface area contributed by atoms with Gasteiger partial charge in [0.15, 0.2) is 6.10 Å². The van der Waals surface area contributed by atoms with Crippen LogP contribution in [-0.4, -0.2) is 23.8 Å². The van der Waals surface area contributed by atoms with Crippen molar-refractivity contribution in [1.82, 2.24) is 10.9 Å². The van der Waals surface area contributed by atoms with Crippen LogP contribution in [0, 0.1) is 5.92 Å². The zero-order valence-electron chi connectivity index (χ0n) is 15.5. The van der Waals surface area contributed by atoms with Crippen molar-refractivity contribution in [2.45, 2.75) is 25.9 Å². The van der Waals surface area contributed by atoms with Crippen LogP contribution in [0.2, 0.25) is 5.02 Å². The van der Waals surface area contributed by atoms with Gasteiger partial charge in [0, 0.05) is 22.2 Å². The van der Waals surface area contributed by atoms with Crippen LogP contribution < -0.4 is 20.9 Å². The highest BCUT2D eigenvalue weighted by Crippen LogP contribution is 2.30. The smallest absolute Gasteiger partial charge is 0.279 e. The molecule has 3 N–H and O–H groups in total. The third-order valence-electron chi connectivity index (χ3n) is 4.23. The summed E-state index contributed by atoms with van der Waals surface area (Å²) in [6, 6.07) is 11.3. The maximum Gasteiger partial charge on any atom is 0.279 e. The van der Waals surface area contributed by atoms with Gasteiger partial charge in [-0.05, 0) is 78.2 Å². The normalized spacial score (nSPS) is 13.9. The number of nitrogens with one attached hydrogen (secondary N) is 3. The third kappa shape index (κ3) is 5.95. The molecule has 152 valence electrons. The van der Waals surface area contributed by atoms with Crippen molar-refractivity contribution in [2.75, 3.05) is 5.32 Å². The molecule has 1 atom stereocenters. The third-order valence-corrected chi connectivity index (χ3v) is 5.08. The largest absolute Gasteiger partial charge is 0.480 e. The first-order chi connectivity index (χ1) is 13.8. The molecule has 1 aliphatic carbocycles. The number of hydrogen-bond donors (Lipinski definition) is 3. The molecule has 0 aliphatic heterocycles. The molecule has 7 nitrogen and oxygen atoms in total. The highest BCUT2D eigenvalue weighted by atomic mass is 79.9. The first kappa shape index (κ1) is 21.1. The van der Waals surface area contributed by atoms with Gasteiger partial charge in [-0.15, -0.1) is 0 Å². The second-order valence-corrected chi connectivity index (χ2v) is 7.91. The molecule has 9 heteroatoms. The van der Waals surface area contributed by atoms with Crippen LogP contribution in [0.5, 0.6) is 5.75 Å². The van der Waals surface area contributed by atoms with Crippen molar-refractivity contribution in [3.8, 4) is 5.75 Å². The van der Waals surface area contributed by atoms with E-state index in [2.05, 4.69) is 32.1 Å². The van der Waals surface area contributed by atoms with Crippen molar-refractivity contribution in [3.63, 3.8) is 0 Å². The molecule has 0 spiro atoms. The number of ether oxygens (including phenoxy) is 1. The second kappa shape index (κ2) is 9.28. The maximum atomic E-state index is 12.2. The Morgan fingerprint density at radius 1 is 1.10 bits per heavy atom. The lowest BCUT2D eigenvalue weighted by atomic mass is 10.2. The Bertz CT molecular complexity index is 932. The van der Waals surface area contributed by atoms with Gasteiger partial charge in [0.05, 0.1) is 4.47 Å². The fourth-order valence-electron chi connectivity index (χ4n) is 2.40. The summed E-state index contributed by atoms with van der Waals surface area (Å²) in [4.78, 5) is 36.1. The molecule has 1 fully saturated rings. The Balaban J connectivity index is 1.48. The zero-order valence-corrected chi connectivity index (χ0v) is 17.8. The molecule has 29 heavy (non-hydrogen) atoms. The summed E-state index contributed by atoms with van der Waals surface area (Å²) in [5.74, 6) is -0.458. The molecule has 1 unspecified atom stereocenters. The number of hydrazine groups is 1. The molecule has 1 aliphatic rings.